The zero-order valence-corrected chi connectivity index (χ0v) is 15.4. The van der Waals surface area contributed by atoms with Crippen LogP contribution in [0, 0.1) is 5.92 Å². The standard InChI is InChI=1S/C17H22ClNO4S/c1-11-9-12-5-3-4-6-15(12)19(11)24(21,22)16-10-13(18)7-8-14(16)17(20)23-2/h7-8,10-12,15H,3-6,9H2,1-2H3/t11-,12-,15+/m1/s1. The molecule has 0 bridgehead atoms. The molecule has 3 rings (SSSR count). The number of fused-ring (bicyclic) bond motifs is 1. The van der Waals surface area contributed by atoms with Crippen LogP contribution >= 0.6 is 11.6 Å². The fourth-order valence-electron chi connectivity index (χ4n) is 4.18. The van der Waals surface area contributed by atoms with E-state index in [1.807, 2.05) is 6.92 Å². The Kier molecular flexibility index (Phi) is 4.91. The number of hydrogen-bond acceptors (Lipinski definition) is 4. The molecule has 3 atom stereocenters. The van der Waals surface area contributed by atoms with Crippen molar-refractivity contribution < 1.29 is 17.9 Å². The first kappa shape index (κ1) is 17.7. The summed E-state index contributed by atoms with van der Waals surface area (Å²) in [4.78, 5) is 12.0. The lowest BCUT2D eigenvalue weighted by Crippen LogP contribution is -2.42. The van der Waals surface area contributed by atoms with E-state index in [2.05, 4.69) is 0 Å². The van der Waals surface area contributed by atoms with Gasteiger partial charge in [-0.25, -0.2) is 13.2 Å². The zero-order valence-electron chi connectivity index (χ0n) is 13.9. The molecule has 1 aliphatic heterocycles. The summed E-state index contributed by atoms with van der Waals surface area (Å²) in [5.74, 6) is -0.262. The van der Waals surface area contributed by atoms with E-state index in [1.165, 1.54) is 25.3 Å². The highest BCUT2D eigenvalue weighted by Crippen LogP contribution is 2.43. The van der Waals surface area contributed by atoms with Gasteiger partial charge in [0.05, 0.1) is 17.6 Å². The first-order valence-corrected chi connectivity index (χ1v) is 10.1. The normalized spacial score (nSPS) is 27.7. The Morgan fingerprint density at radius 1 is 1.29 bits per heavy atom. The average molecular weight is 372 g/mol. The molecule has 2 aliphatic rings. The second-order valence-electron chi connectivity index (χ2n) is 6.66. The molecular weight excluding hydrogens is 350 g/mol. The molecule has 0 spiro atoms. The van der Waals surface area contributed by atoms with Crippen LogP contribution in [0.25, 0.3) is 0 Å². The van der Waals surface area contributed by atoms with Crippen LogP contribution in [0.15, 0.2) is 23.1 Å². The van der Waals surface area contributed by atoms with Crippen LogP contribution in [0.5, 0.6) is 0 Å². The summed E-state index contributed by atoms with van der Waals surface area (Å²) < 4.78 is 33.1. The molecule has 0 radical (unpaired) electrons. The van der Waals surface area contributed by atoms with Crippen LogP contribution in [0.3, 0.4) is 0 Å². The molecule has 0 amide bonds. The molecule has 132 valence electrons. The minimum absolute atomic E-state index is 0.0169. The first-order valence-electron chi connectivity index (χ1n) is 8.27. The van der Waals surface area contributed by atoms with Crippen LogP contribution in [-0.4, -0.2) is 37.9 Å². The Morgan fingerprint density at radius 2 is 2.00 bits per heavy atom. The number of benzene rings is 1. The molecule has 0 N–H and O–H groups in total. The Bertz CT molecular complexity index is 749. The highest BCUT2D eigenvalue weighted by atomic mass is 35.5. The van der Waals surface area contributed by atoms with E-state index in [1.54, 1.807) is 4.31 Å². The smallest absolute Gasteiger partial charge is 0.339 e. The van der Waals surface area contributed by atoms with Crippen molar-refractivity contribution >= 4 is 27.6 Å². The summed E-state index contributed by atoms with van der Waals surface area (Å²) >= 11 is 6.02. The van der Waals surface area contributed by atoms with Gasteiger partial charge in [0.15, 0.2) is 0 Å². The van der Waals surface area contributed by atoms with Gasteiger partial charge in [0.2, 0.25) is 10.0 Å². The molecule has 0 aromatic heterocycles. The first-order chi connectivity index (χ1) is 11.4. The van der Waals surface area contributed by atoms with Gasteiger partial charge >= 0.3 is 5.97 Å². The summed E-state index contributed by atoms with van der Waals surface area (Å²) in [7, 11) is -2.58. The fourth-order valence-corrected chi connectivity index (χ4v) is 6.55. The van der Waals surface area contributed by atoms with Gasteiger partial charge in [0, 0.05) is 17.1 Å². The number of methoxy groups -OCH3 is 1. The van der Waals surface area contributed by atoms with Crippen LogP contribution in [0.2, 0.25) is 5.02 Å². The molecule has 24 heavy (non-hydrogen) atoms. The van der Waals surface area contributed by atoms with E-state index < -0.39 is 16.0 Å². The lowest BCUT2D eigenvalue weighted by atomic mass is 9.85. The Hall–Kier alpha value is -1.11. The van der Waals surface area contributed by atoms with Gasteiger partial charge in [-0.15, -0.1) is 0 Å². The minimum atomic E-state index is -3.82. The number of ether oxygens (including phenoxy) is 1. The molecule has 1 aromatic carbocycles. The lowest BCUT2D eigenvalue weighted by molar-refractivity contribution is 0.0596. The molecule has 1 aliphatic carbocycles. The number of esters is 1. The van der Waals surface area contributed by atoms with Gasteiger partial charge in [0.1, 0.15) is 0 Å². The number of sulfonamides is 1. The largest absolute Gasteiger partial charge is 0.465 e. The van der Waals surface area contributed by atoms with E-state index in [0.29, 0.717) is 5.92 Å². The molecule has 1 saturated carbocycles. The van der Waals surface area contributed by atoms with Crippen LogP contribution in [0.1, 0.15) is 49.4 Å². The molecule has 5 nitrogen and oxygen atoms in total. The number of carbonyl (C=O) groups excluding carboxylic acids is 1. The predicted octanol–water partition coefficient (Wildman–Crippen LogP) is 3.47. The van der Waals surface area contributed by atoms with E-state index in [4.69, 9.17) is 16.3 Å². The van der Waals surface area contributed by atoms with Crippen LogP contribution in [-0.2, 0) is 14.8 Å². The maximum absolute atomic E-state index is 13.4. The second-order valence-corrected chi connectivity index (χ2v) is 8.91. The van der Waals surface area contributed by atoms with Gasteiger partial charge in [-0.3, -0.25) is 0 Å². The second kappa shape index (κ2) is 6.65. The number of halogens is 1. The van der Waals surface area contributed by atoms with Crippen molar-refractivity contribution in [1.29, 1.82) is 0 Å². The number of carbonyl (C=O) groups is 1. The van der Waals surface area contributed by atoms with Gasteiger partial charge in [-0.2, -0.15) is 4.31 Å². The lowest BCUT2D eigenvalue weighted by Gasteiger charge is -2.32. The molecular formula is C17H22ClNO4S. The number of hydrogen-bond donors (Lipinski definition) is 0. The quantitative estimate of drug-likeness (QED) is 0.763. The van der Waals surface area contributed by atoms with E-state index >= 15 is 0 Å². The van der Waals surface area contributed by atoms with Crippen LogP contribution < -0.4 is 0 Å². The Balaban J connectivity index is 2.08. The van der Waals surface area contributed by atoms with Crippen molar-refractivity contribution in [3.05, 3.63) is 28.8 Å². The molecule has 2 fully saturated rings. The average Bonchev–Trinajstić information content (AvgIpc) is 2.90. The summed E-state index contributed by atoms with van der Waals surface area (Å²) in [6.07, 6.45) is 5.02. The van der Waals surface area contributed by atoms with Crippen molar-refractivity contribution in [3.8, 4) is 0 Å². The van der Waals surface area contributed by atoms with Crippen LogP contribution in [0.4, 0.5) is 0 Å². The van der Waals surface area contributed by atoms with Crippen molar-refractivity contribution in [2.75, 3.05) is 7.11 Å². The highest BCUT2D eigenvalue weighted by molar-refractivity contribution is 7.89. The molecule has 7 heteroatoms. The molecule has 0 unspecified atom stereocenters. The van der Waals surface area contributed by atoms with Gasteiger partial charge in [0.25, 0.3) is 0 Å². The van der Waals surface area contributed by atoms with Crippen molar-refractivity contribution in [2.45, 2.75) is 56.0 Å². The third-order valence-electron chi connectivity index (χ3n) is 5.18. The van der Waals surface area contributed by atoms with Gasteiger partial charge in [-0.05, 0) is 50.3 Å². The molecule has 1 saturated heterocycles. The summed E-state index contributed by atoms with van der Waals surface area (Å²) in [5.41, 5.74) is 0.0355. The maximum Gasteiger partial charge on any atom is 0.339 e. The van der Waals surface area contributed by atoms with E-state index in [0.717, 1.165) is 32.1 Å². The third-order valence-corrected chi connectivity index (χ3v) is 7.49. The SMILES string of the molecule is COC(=O)c1ccc(Cl)cc1S(=O)(=O)N1[C@H](C)C[C@H]2CCCC[C@@H]21. The van der Waals surface area contributed by atoms with Crippen molar-refractivity contribution in [1.82, 2.24) is 4.31 Å². The molecule has 1 aromatic rings. The van der Waals surface area contributed by atoms with Gasteiger partial charge < -0.3 is 4.74 Å². The Morgan fingerprint density at radius 3 is 2.71 bits per heavy atom. The fraction of sp³-hybridized carbons (Fsp3) is 0.588. The summed E-state index contributed by atoms with van der Waals surface area (Å²) in [5, 5.41) is 0.285. The Labute approximate surface area is 148 Å². The van der Waals surface area contributed by atoms with Gasteiger partial charge in [-0.1, -0.05) is 24.4 Å². The summed E-state index contributed by atoms with van der Waals surface area (Å²) in [6, 6.07) is 4.21. The highest BCUT2D eigenvalue weighted by Gasteiger charge is 2.47. The van der Waals surface area contributed by atoms with Crippen molar-refractivity contribution in [2.24, 2.45) is 5.92 Å². The number of rotatable bonds is 3. The van der Waals surface area contributed by atoms with E-state index in [-0.39, 0.29) is 27.6 Å². The molecule has 1 heterocycles. The minimum Gasteiger partial charge on any atom is -0.465 e. The predicted molar refractivity (Wildman–Crippen MR) is 91.6 cm³/mol. The number of nitrogens with zero attached hydrogens (tertiary/aromatic N) is 1. The third kappa shape index (κ3) is 2.95. The van der Waals surface area contributed by atoms with Crippen molar-refractivity contribution in [3.63, 3.8) is 0 Å². The maximum atomic E-state index is 13.4. The summed E-state index contributed by atoms with van der Waals surface area (Å²) in [6.45, 7) is 1.94. The monoisotopic (exact) mass is 371 g/mol. The van der Waals surface area contributed by atoms with E-state index in [9.17, 15) is 13.2 Å². The zero-order chi connectivity index (χ0) is 17.5. The topological polar surface area (TPSA) is 63.7 Å².